The maximum Gasteiger partial charge on any atom is 0.365 e. The number of amides is 2. The lowest BCUT2D eigenvalue weighted by Gasteiger charge is -2.44. The zero-order valence-electron chi connectivity index (χ0n) is 34.9. The lowest BCUT2D eigenvalue weighted by atomic mass is 9.91. The molecule has 0 aliphatic carbocycles. The van der Waals surface area contributed by atoms with Gasteiger partial charge >= 0.3 is 5.97 Å². The number of hydrogen-bond donors (Lipinski definition) is 3. The summed E-state index contributed by atoms with van der Waals surface area (Å²) in [6.45, 7) is 8.26. The fourth-order valence-electron chi connectivity index (χ4n) is 7.22. The normalized spacial score (nSPS) is 12.9. The SMILES string of the molecule is CCCCCCCCCCCCCCCC(=O)NCCCC[N+](C)(C)C(C)(CCCNC(=O)CCCCCCCCCCCCCCC)C(=O)O. The van der Waals surface area contributed by atoms with Crippen molar-refractivity contribution in [3.8, 4) is 0 Å². The monoisotopic (exact) mass is 723 g/mol. The Hall–Kier alpha value is -1.63. The number of nitrogens with zero attached hydrogens (tertiary/aromatic N) is 1. The molecule has 0 rings (SSSR count). The third-order valence-corrected chi connectivity index (χ3v) is 11.4. The summed E-state index contributed by atoms with van der Waals surface area (Å²) in [5.41, 5.74) is -0.933. The summed E-state index contributed by atoms with van der Waals surface area (Å²) in [7, 11) is 3.99. The van der Waals surface area contributed by atoms with Gasteiger partial charge in [-0.2, -0.15) is 0 Å². The van der Waals surface area contributed by atoms with E-state index in [2.05, 4.69) is 24.5 Å². The molecule has 7 heteroatoms. The number of carboxylic acid groups (broad SMARTS) is 1. The number of aliphatic carboxylic acids is 1. The van der Waals surface area contributed by atoms with Gasteiger partial charge in [0.15, 0.2) is 5.54 Å². The number of likely N-dealkylation sites (N-methyl/N-ethyl adjacent to an activating group) is 1. The smallest absolute Gasteiger partial charge is 0.365 e. The molecule has 0 aromatic heterocycles. The molecule has 0 bridgehead atoms. The van der Waals surface area contributed by atoms with Gasteiger partial charge in [-0.05, 0) is 32.1 Å². The second-order valence-corrected chi connectivity index (χ2v) is 16.5. The van der Waals surface area contributed by atoms with E-state index in [1.807, 2.05) is 21.0 Å². The van der Waals surface area contributed by atoms with Crippen LogP contribution in [0.2, 0.25) is 0 Å². The Morgan fingerprint density at radius 2 is 0.784 bits per heavy atom. The van der Waals surface area contributed by atoms with Gasteiger partial charge in [-0.15, -0.1) is 0 Å². The Kier molecular flexibility index (Phi) is 33.1. The van der Waals surface area contributed by atoms with Gasteiger partial charge in [-0.3, -0.25) is 9.59 Å². The van der Waals surface area contributed by atoms with Gasteiger partial charge in [0.1, 0.15) is 0 Å². The number of quaternary nitrogens is 1. The highest BCUT2D eigenvalue weighted by Crippen LogP contribution is 2.27. The first kappa shape index (κ1) is 49.4. The largest absolute Gasteiger partial charge is 0.477 e. The van der Waals surface area contributed by atoms with Gasteiger partial charge in [-0.25, -0.2) is 4.79 Å². The van der Waals surface area contributed by atoms with Crippen LogP contribution >= 0.6 is 0 Å². The Morgan fingerprint density at radius 1 is 0.471 bits per heavy atom. The molecule has 0 spiro atoms. The first-order valence-corrected chi connectivity index (χ1v) is 22.2. The number of hydrogen-bond acceptors (Lipinski definition) is 3. The van der Waals surface area contributed by atoms with E-state index in [9.17, 15) is 19.5 Å². The first-order chi connectivity index (χ1) is 24.6. The van der Waals surface area contributed by atoms with Crippen molar-refractivity contribution in [2.45, 2.75) is 232 Å². The van der Waals surface area contributed by atoms with Crippen molar-refractivity contribution >= 4 is 17.8 Å². The molecule has 2 amide bonds. The molecular formula is C44H88N3O4+. The third kappa shape index (κ3) is 28.5. The van der Waals surface area contributed by atoms with Crippen LogP contribution < -0.4 is 10.6 Å². The molecule has 0 radical (unpaired) electrons. The zero-order valence-corrected chi connectivity index (χ0v) is 34.9. The molecule has 0 aliphatic heterocycles. The van der Waals surface area contributed by atoms with Crippen LogP contribution in [-0.4, -0.2) is 66.6 Å². The molecule has 7 nitrogen and oxygen atoms in total. The van der Waals surface area contributed by atoms with Crippen LogP contribution in [0.5, 0.6) is 0 Å². The van der Waals surface area contributed by atoms with E-state index >= 15 is 0 Å². The van der Waals surface area contributed by atoms with E-state index in [1.54, 1.807) is 0 Å². The van der Waals surface area contributed by atoms with E-state index in [0.717, 1.165) is 45.1 Å². The van der Waals surface area contributed by atoms with Gasteiger partial charge in [0, 0.05) is 39.3 Å². The molecule has 1 atom stereocenters. The number of unbranched alkanes of at least 4 members (excludes halogenated alkanes) is 25. The first-order valence-electron chi connectivity index (χ1n) is 22.2. The predicted octanol–water partition coefficient (Wildman–Crippen LogP) is 11.7. The van der Waals surface area contributed by atoms with Crippen molar-refractivity contribution in [1.82, 2.24) is 10.6 Å². The maximum absolute atomic E-state index is 12.4. The molecule has 0 saturated heterocycles. The highest BCUT2D eigenvalue weighted by atomic mass is 16.4. The van der Waals surface area contributed by atoms with E-state index in [-0.39, 0.29) is 11.8 Å². The number of carbonyl (C=O) groups is 3. The van der Waals surface area contributed by atoms with Crippen LogP contribution in [0, 0.1) is 0 Å². The summed E-state index contributed by atoms with van der Waals surface area (Å²) < 4.78 is 0.377. The second-order valence-electron chi connectivity index (χ2n) is 16.5. The van der Waals surface area contributed by atoms with Gasteiger partial charge in [0.05, 0.1) is 20.6 Å². The maximum atomic E-state index is 12.4. The van der Waals surface area contributed by atoms with E-state index in [0.29, 0.717) is 43.3 Å². The number of nitrogens with one attached hydrogen (secondary N) is 2. The molecule has 51 heavy (non-hydrogen) atoms. The van der Waals surface area contributed by atoms with E-state index in [1.165, 1.54) is 141 Å². The van der Waals surface area contributed by atoms with Gasteiger partial charge in [0.25, 0.3) is 0 Å². The molecule has 0 aromatic rings. The van der Waals surface area contributed by atoms with Crippen molar-refractivity contribution in [3.63, 3.8) is 0 Å². The highest BCUT2D eigenvalue weighted by molar-refractivity contribution is 5.77. The third-order valence-electron chi connectivity index (χ3n) is 11.4. The van der Waals surface area contributed by atoms with Gasteiger partial charge in [-0.1, -0.05) is 168 Å². The van der Waals surface area contributed by atoms with Crippen molar-refractivity contribution in [1.29, 1.82) is 0 Å². The molecule has 3 N–H and O–H groups in total. The number of rotatable bonds is 39. The standard InChI is InChI=1S/C44H87N3O4/c1-6-8-10-12-14-16-18-20-22-24-26-28-30-35-41(48)45-38-32-33-40-47(4,5)44(3,43(50)51)37-34-39-46-42(49)36-31-29-27-25-23-21-19-17-15-13-11-9-7-2/h6-40H2,1-5H3,(H2-,45,46,48,49,50,51)/p+1. The fraction of sp³-hybridized carbons (Fsp3) is 0.932. The van der Waals surface area contributed by atoms with Crippen LogP contribution in [0.15, 0.2) is 0 Å². The van der Waals surface area contributed by atoms with Crippen molar-refractivity contribution in [2.75, 3.05) is 33.7 Å². The minimum atomic E-state index is -0.933. The molecule has 0 aliphatic rings. The minimum Gasteiger partial charge on any atom is -0.477 e. The Balaban J connectivity index is 3.92. The van der Waals surface area contributed by atoms with Crippen LogP contribution in [0.4, 0.5) is 0 Å². The summed E-state index contributed by atoms with van der Waals surface area (Å²) in [4.78, 5) is 37.1. The molecule has 0 aromatic carbocycles. The van der Waals surface area contributed by atoms with E-state index < -0.39 is 11.5 Å². The van der Waals surface area contributed by atoms with Crippen molar-refractivity contribution < 1.29 is 24.0 Å². The lowest BCUT2D eigenvalue weighted by Crippen LogP contribution is -2.62. The Morgan fingerprint density at radius 3 is 1.12 bits per heavy atom. The minimum absolute atomic E-state index is 0.0833. The fourth-order valence-corrected chi connectivity index (χ4v) is 7.22. The summed E-state index contributed by atoms with van der Waals surface area (Å²) in [6, 6.07) is 0. The van der Waals surface area contributed by atoms with Crippen LogP contribution in [0.3, 0.4) is 0 Å². The molecule has 1 unspecified atom stereocenters. The highest BCUT2D eigenvalue weighted by Gasteiger charge is 2.47. The summed E-state index contributed by atoms with van der Waals surface area (Å²) in [5.74, 6) is -0.574. The summed E-state index contributed by atoms with van der Waals surface area (Å²) in [6.07, 6.45) is 37.8. The average Bonchev–Trinajstić information content (AvgIpc) is 3.10. The molecular weight excluding hydrogens is 635 g/mol. The predicted molar refractivity (Wildman–Crippen MR) is 218 cm³/mol. The van der Waals surface area contributed by atoms with Crippen LogP contribution in [0.25, 0.3) is 0 Å². The number of carboxylic acids is 1. The topological polar surface area (TPSA) is 95.5 Å². The molecule has 0 heterocycles. The Bertz CT molecular complexity index is 833. The average molecular weight is 723 g/mol. The Labute approximate surface area is 317 Å². The van der Waals surface area contributed by atoms with Crippen LogP contribution in [-0.2, 0) is 14.4 Å². The van der Waals surface area contributed by atoms with E-state index in [4.69, 9.17) is 0 Å². The van der Waals surface area contributed by atoms with Gasteiger partial charge < -0.3 is 20.2 Å². The molecule has 302 valence electrons. The molecule has 0 fully saturated rings. The summed E-state index contributed by atoms with van der Waals surface area (Å²) >= 11 is 0. The van der Waals surface area contributed by atoms with Crippen LogP contribution in [0.1, 0.15) is 226 Å². The van der Waals surface area contributed by atoms with Gasteiger partial charge in [0.2, 0.25) is 11.8 Å². The number of carbonyl (C=O) groups excluding carboxylic acids is 2. The second kappa shape index (κ2) is 34.2. The quantitative estimate of drug-likeness (QED) is 0.0435. The van der Waals surface area contributed by atoms with Crippen molar-refractivity contribution in [2.24, 2.45) is 0 Å². The zero-order chi connectivity index (χ0) is 37.9. The lowest BCUT2D eigenvalue weighted by molar-refractivity contribution is -0.931. The summed E-state index contributed by atoms with van der Waals surface area (Å²) in [5, 5.41) is 16.3. The molecule has 0 saturated carbocycles. The van der Waals surface area contributed by atoms with Crippen molar-refractivity contribution in [3.05, 3.63) is 0 Å².